The summed E-state index contributed by atoms with van der Waals surface area (Å²) in [5, 5.41) is 22.0. The van der Waals surface area contributed by atoms with Crippen molar-refractivity contribution in [1.82, 2.24) is 20.4 Å². The molecule has 0 atom stereocenters. The Morgan fingerprint density at radius 2 is 1.45 bits per heavy atom. The Balaban J connectivity index is 1.57. The average Bonchev–Trinajstić information content (AvgIpc) is 3.45. The number of carbonyl (C=O) groups is 2. The highest BCUT2D eigenvalue weighted by Gasteiger charge is 2.18. The van der Waals surface area contributed by atoms with Crippen molar-refractivity contribution in [3.05, 3.63) is 17.7 Å². The molecule has 3 aromatic rings. The normalized spacial score (nSPS) is 10.5. The minimum absolute atomic E-state index is 0.116. The average molecular weight is 529 g/mol. The van der Waals surface area contributed by atoms with Crippen LogP contribution in [0.15, 0.2) is 20.8 Å². The summed E-state index contributed by atoms with van der Waals surface area (Å²) in [4.78, 5) is 24.8. The van der Waals surface area contributed by atoms with Crippen LogP contribution in [0.25, 0.3) is 0 Å². The van der Waals surface area contributed by atoms with E-state index in [0.717, 1.165) is 21.4 Å². The fraction of sp³-hybridized carbons (Fsp3) is 0.333. The van der Waals surface area contributed by atoms with E-state index in [1.165, 1.54) is 56.6 Å². The van der Waals surface area contributed by atoms with E-state index in [0.29, 0.717) is 37.4 Å². The number of amides is 2. The first-order valence-electron chi connectivity index (χ1n) is 9.31. The molecule has 0 aliphatic heterocycles. The third-order valence-electron chi connectivity index (χ3n) is 3.80. The van der Waals surface area contributed by atoms with Crippen molar-refractivity contribution in [2.75, 3.05) is 43.5 Å². The highest BCUT2D eigenvalue weighted by molar-refractivity contribution is 8.01. The van der Waals surface area contributed by atoms with Crippen molar-refractivity contribution >= 4 is 68.3 Å². The van der Waals surface area contributed by atoms with E-state index in [-0.39, 0.29) is 11.7 Å². The first kappa shape index (κ1) is 25.0. The monoisotopic (exact) mass is 528 g/mol. The van der Waals surface area contributed by atoms with Gasteiger partial charge in [-0.1, -0.05) is 53.1 Å². The summed E-state index contributed by atoms with van der Waals surface area (Å²) in [6.45, 7) is 2.02. The maximum Gasteiger partial charge on any atom is 0.257 e. The number of thioether (sulfide) groups is 2. The SMILES string of the molecule is CCSc1nnc(NC(=O)CSc2nnc(NC(=O)c3cc(OC)c(OC)c(OC)c3)s2)s1. The lowest BCUT2D eigenvalue weighted by atomic mass is 10.1. The molecule has 0 bridgehead atoms. The van der Waals surface area contributed by atoms with Crippen LogP contribution < -0.4 is 24.8 Å². The zero-order valence-corrected chi connectivity index (χ0v) is 21.3. The van der Waals surface area contributed by atoms with E-state index in [1.807, 2.05) is 6.92 Å². The van der Waals surface area contributed by atoms with Crippen LogP contribution in [0.2, 0.25) is 0 Å². The Bertz CT molecular complexity index is 1100. The molecule has 2 N–H and O–H groups in total. The molecule has 2 amide bonds. The van der Waals surface area contributed by atoms with Gasteiger partial charge in [0.25, 0.3) is 5.91 Å². The molecule has 33 heavy (non-hydrogen) atoms. The highest BCUT2D eigenvalue weighted by Crippen LogP contribution is 2.38. The topological polar surface area (TPSA) is 137 Å². The molecule has 15 heteroatoms. The second-order valence-electron chi connectivity index (χ2n) is 5.88. The smallest absolute Gasteiger partial charge is 0.257 e. The molecule has 11 nitrogen and oxygen atoms in total. The van der Waals surface area contributed by atoms with Gasteiger partial charge in [0.1, 0.15) is 0 Å². The van der Waals surface area contributed by atoms with Crippen LogP contribution in [0.1, 0.15) is 17.3 Å². The van der Waals surface area contributed by atoms with E-state index in [2.05, 4.69) is 31.0 Å². The minimum Gasteiger partial charge on any atom is -0.493 e. The van der Waals surface area contributed by atoms with Gasteiger partial charge in [-0.15, -0.1) is 20.4 Å². The highest BCUT2D eigenvalue weighted by atomic mass is 32.2. The van der Waals surface area contributed by atoms with E-state index in [1.54, 1.807) is 11.8 Å². The van der Waals surface area contributed by atoms with Crippen LogP contribution in [-0.4, -0.2) is 65.0 Å². The summed E-state index contributed by atoms with van der Waals surface area (Å²) in [7, 11) is 4.42. The van der Waals surface area contributed by atoms with E-state index in [9.17, 15) is 9.59 Å². The fourth-order valence-electron chi connectivity index (χ4n) is 2.42. The van der Waals surface area contributed by atoms with E-state index < -0.39 is 5.91 Å². The molecule has 0 aliphatic carbocycles. The summed E-state index contributed by atoms with van der Waals surface area (Å²) in [5.74, 6) is 1.45. The Labute approximate surface area is 206 Å². The van der Waals surface area contributed by atoms with Gasteiger partial charge in [-0.2, -0.15) is 0 Å². The lowest BCUT2D eigenvalue weighted by Gasteiger charge is -2.13. The number of aromatic nitrogens is 4. The molecule has 0 spiro atoms. The lowest BCUT2D eigenvalue weighted by Crippen LogP contribution is -2.13. The molecule has 0 aliphatic rings. The predicted octanol–water partition coefficient (Wildman–Crippen LogP) is 3.51. The minimum atomic E-state index is -0.420. The molecule has 0 saturated carbocycles. The number of nitrogens with zero attached hydrogens (tertiary/aromatic N) is 4. The quantitative estimate of drug-likeness (QED) is 0.279. The summed E-state index contributed by atoms with van der Waals surface area (Å²) in [6.07, 6.45) is 0. The summed E-state index contributed by atoms with van der Waals surface area (Å²) >= 11 is 5.24. The number of benzene rings is 1. The van der Waals surface area contributed by atoms with Crippen molar-refractivity contribution in [3.8, 4) is 17.2 Å². The molecular weight excluding hydrogens is 509 g/mol. The third-order valence-corrected chi connectivity index (χ3v) is 7.63. The molecule has 3 rings (SSSR count). The maximum absolute atomic E-state index is 12.7. The first-order chi connectivity index (χ1) is 16.0. The summed E-state index contributed by atoms with van der Waals surface area (Å²) < 4.78 is 17.1. The predicted molar refractivity (Wildman–Crippen MR) is 130 cm³/mol. The first-order valence-corrected chi connectivity index (χ1v) is 12.9. The van der Waals surface area contributed by atoms with Gasteiger partial charge in [0, 0.05) is 5.56 Å². The second kappa shape index (κ2) is 12.0. The number of nitrogens with one attached hydrogen (secondary N) is 2. The van der Waals surface area contributed by atoms with Crippen LogP contribution in [0.4, 0.5) is 10.3 Å². The fourth-order valence-corrected chi connectivity index (χ4v) is 5.64. The zero-order chi connectivity index (χ0) is 23.8. The van der Waals surface area contributed by atoms with Gasteiger partial charge >= 0.3 is 0 Å². The Hall–Kier alpha value is -2.62. The number of hydrogen-bond acceptors (Lipinski definition) is 13. The number of hydrogen-bond donors (Lipinski definition) is 2. The third kappa shape index (κ3) is 6.69. The largest absolute Gasteiger partial charge is 0.493 e. The van der Waals surface area contributed by atoms with Gasteiger partial charge < -0.3 is 14.2 Å². The molecule has 2 heterocycles. The van der Waals surface area contributed by atoms with Gasteiger partial charge in [0.05, 0.1) is 27.1 Å². The molecule has 1 aromatic carbocycles. The van der Waals surface area contributed by atoms with Gasteiger partial charge in [-0.3, -0.25) is 20.2 Å². The number of methoxy groups -OCH3 is 3. The van der Waals surface area contributed by atoms with Crippen molar-refractivity contribution in [3.63, 3.8) is 0 Å². The van der Waals surface area contributed by atoms with Gasteiger partial charge in [-0.25, -0.2) is 0 Å². The molecule has 0 saturated heterocycles. The van der Waals surface area contributed by atoms with Gasteiger partial charge in [0.15, 0.2) is 20.2 Å². The van der Waals surface area contributed by atoms with E-state index >= 15 is 0 Å². The van der Waals surface area contributed by atoms with E-state index in [4.69, 9.17) is 14.2 Å². The lowest BCUT2D eigenvalue weighted by molar-refractivity contribution is -0.113. The molecular formula is C18H20N6O5S4. The van der Waals surface area contributed by atoms with Crippen LogP contribution in [0, 0.1) is 0 Å². The maximum atomic E-state index is 12.7. The summed E-state index contributed by atoms with van der Waals surface area (Å²) in [6, 6.07) is 3.07. The molecule has 0 fully saturated rings. The number of ether oxygens (including phenoxy) is 3. The van der Waals surface area contributed by atoms with Crippen LogP contribution >= 0.6 is 46.2 Å². The standard InChI is InChI=1S/C18H20N6O5S4/c1-5-30-17-23-21-15(32-17)19-12(25)8-31-18-24-22-16(33-18)20-14(26)9-6-10(27-2)13(29-4)11(7-9)28-3/h6-7H,5,8H2,1-4H3,(H,19,21,25)(H,20,22,26). The van der Waals surface area contributed by atoms with Gasteiger partial charge in [-0.05, 0) is 17.9 Å². The van der Waals surface area contributed by atoms with Crippen molar-refractivity contribution in [2.45, 2.75) is 15.6 Å². The summed E-state index contributed by atoms with van der Waals surface area (Å²) in [5.41, 5.74) is 0.297. The molecule has 176 valence electrons. The molecule has 0 unspecified atom stereocenters. The number of carbonyl (C=O) groups excluding carboxylic acids is 2. The Kier molecular flexibility index (Phi) is 9.11. The number of rotatable bonds is 11. The molecule has 0 radical (unpaired) electrons. The second-order valence-corrected chi connectivity index (χ2v) is 10.6. The molecule has 2 aromatic heterocycles. The van der Waals surface area contributed by atoms with Crippen molar-refractivity contribution in [2.24, 2.45) is 0 Å². The van der Waals surface area contributed by atoms with Crippen molar-refractivity contribution < 1.29 is 23.8 Å². The van der Waals surface area contributed by atoms with Crippen LogP contribution in [-0.2, 0) is 4.79 Å². The van der Waals surface area contributed by atoms with Crippen LogP contribution in [0.3, 0.4) is 0 Å². The zero-order valence-electron chi connectivity index (χ0n) is 18.0. The Morgan fingerprint density at radius 3 is 2.00 bits per heavy atom. The Morgan fingerprint density at radius 1 is 0.879 bits per heavy atom. The number of anilines is 2. The van der Waals surface area contributed by atoms with Crippen molar-refractivity contribution in [1.29, 1.82) is 0 Å². The van der Waals surface area contributed by atoms with Gasteiger partial charge in [0.2, 0.25) is 21.9 Å². The van der Waals surface area contributed by atoms with Crippen LogP contribution in [0.5, 0.6) is 17.2 Å².